The summed E-state index contributed by atoms with van der Waals surface area (Å²) in [7, 11) is 1.50. The second-order valence-corrected chi connectivity index (χ2v) is 6.80. The molecule has 2 N–H and O–H groups in total. The summed E-state index contributed by atoms with van der Waals surface area (Å²) in [6.07, 6.45) is 4.02. The molecule has 0 atom stereocenters. The van der Waals surface area contributed by atoms with Gasteiger partial charge < -0.3 is 5.73 Å². The zero-order valence-corrected chi connectivity index (χ0v) is 17.7. The maximum absolute atomic E-state index is 6.02. The van der Waals surface area contributed by atoms with E-state index in [1.54, 1.807) is 0 Å². The van der Waals surface area contributed by atoms with Gasteiger partial charge in [-0.25, -0.2) is 0 Å². The van der Waals surface area contributed by atoms with Gasteiger partial charge >= 0.3 is 0 Å². The van der Waals surface area contributed by atoms with Gasteiger partial charge in [0.05, 0.1) is 0 Å². The van der Waals surface area contributed by atoms with Gasteiger partial charge in [0.25, 0.3) is 0 Å². The van der Waals surface area contributed by atoms with E-state index in [0.29, 0.717) is 0 Å². The van der Waals surface area contributed by atoms with Gasteiger partial charge in [-0.05, 0) is 73.9 Å². The first-order valence-electron chi connectivity index (χ1n) is 9.23. The Kier molecular flexibility index (Phi) is 9.54. The number of allylic oxidation sites excluding steroid dienone is 3. The molecule has 1 aromatic heterocycles. The summed E-state index contributed by atoms with van der Waals surface area (Å²) in [5.41, 5.74) is 13.3. The van der Waals surface area contributed by atoms with E-state index in [1.807, 2.05) is 44.3 Å². The Morgan fingerprint density at radius 2 is 1.59 bits per heavy atom. The second kappa shape index (κ2) is 11.4. The van der Waals surface area contributed by atoms with Gasteiger partial charge in [-0.15, -0.1) is 0 Å². The summed E-state index contributed by atoms with van der Waals surface area (Å²) >= 11 is 6.02. The summed E-state index contributed by atoms with van der Waals surface area (Å²) in [4.78, 5) is 4.63. The Morgan fingerprint density at radius 1 is 0.966 bits per heavy atom. The third-order valence-corrected chi connectivity index (χ3v) is 4.89. The molecule has 0 aliphatic heterocycles. The van der Waals surface area contributed by atoms with E-state index >= 15 is 0 Å². The van der Waals surface area contributed by atoms with E-state index in [1.165, 1.54) is 12.6 Å². The number of benzene rings is 2. The Labute approximate surface area is 180 Å². The minimum absolute atomic E-state index is 0. The molecule has 0 amide bonds. The van der Waals surface area contributed by atoms with E-state index in [4.69, 9.17) is 11.6 Å². The van der Waals surface area contributed by atoms with E-state index in [2.05, 4.69) is 60.6 Å². The second-order valence-electron chi connectivity index (χ2n) is 6.36. The molecule has 0 bridgehead atoms. The van der Waals surface area contributed by atoms with Crippen LogP contribution in [0.5, 0.6) is 0 Å². The Hall–Kier alpha value is -2.68. The number of nitrogens with zero attached hydrogens (tertiary/aromatic N) is 1. The fourth-order valence-electron chi connectivity index (χ4n) is 3.15. The van der Waals surface area contributed by atoms with Gasteiger partial charge in [-0.3, -0.25) is 4.98 Å². The molecule has 0 saturated heterocycles. The Morgan fingerprint density at radius 3 is 2.17 bits per heavy atom. The number of halogens is 1. The maximum Gasteiger partial charge on any atom is 0.0451 e. The third kappa shape index (κ3) is 5.66. The van der Waals surface area contributed by atoms with Gasteiger partial charge in [-0.1, -0.05) is 68.1 Å². The highest BCUT2D eigenvalue weighted by molar-refractivity contribution is 6.30. The minimum atomic E-state index is 0. The molecule has 0 fully saturated rings. The molecular formula is C26H31ClN2. The molecule has 0 saturated carbocycles. The van der Waals surface area contributed by atoms with Crippen molar-refractivity contribution < 1.29 is 0 Å². The molecule has 2 aromatic carbocycles. The van der Waals surface area contributed by atoms with Gasteiger partial charge in [0.1, 0.15) is 0 Å². The van der Waals surface area contributed by atoms with Crippen LogP contribution in [0.1, 0.15) is 36.7 Å². The third-order valence-electron chi connectivity index (χ3n) is 4.64. The van der Waals surface area contributed by atoms with Crippen molar-refractivity contribution in [3.8, 4) is 11.1 Å². The smallest absolute Gasteiger partial charge is 0.0451 e. The van der Waals surface area contributed by atoms with Crippen molar-refractivity contribution >= 4 is 22.7 Å². The monoisotopic (exact) mass is 406 g/mol. The molecule has 0 aliphatic rings. The van der Waals surface area contributed by atoms with Crippen molar-refractivity contribution in [3.63, 3.8) is 0 Å². The van der Waals surface area contributed by atoms with Crippen LogP contribution in [0.25, 0.3) is 22.3 Å². The van der Waals surface area contributed by atoms with Crippen molar-refractivity contribution in [1.82, 2.24) is 4.98 Å². The predicted molar refractivity (Wildman–Crippen MR) is 130 cm³/mol. The highest BCUT2D eigenvalue weighted by atomic mass is 35.5. The highest BCUT2D eigenvalue weighted by Gasteiger charge is 2.13. The molecule has 152 valence electrons. The van der Waals surface area contributed by atoms with Crippen molar-refractivity contribution in [3.05, 3.63) is 101 Å². The topological polar surface area (TPSA) is 38.9 Å². The number of rotatable bonds is 4. The van der Waals surface area contributed by atoms with Crippen molar-refractivity contribution in [1.29, 1.82) is 0 Å². The SMILES string of the molecule is C.C=C(/C(=C/C)c1cc(-c2ccc(Cl)cc2)cnc1C)c1ccccc1C.CN. The minimum Gasteiger partial charge on any atom is -0.333 e. The molecule has 2 nitrogen and oxygen atoms in total. The highest BCUT2D eigenvalue weighted by Crippen LogP contribution is 2.34. The fourth-order valence-corrected chi connectivity index (χ4v) is 3.28. The van der Waals surface area contributed by atoms with Crippen LogP contribution in [-0.2, 0) is 0 Å². The first-order valence-corrected chi connectivity index (χ1v) is 9.61. The van der Waals surface area contributed by atoms with Crippen LogP contribution < -0.4 is 5.73 Å². The van der Waals surface area contributed by atoms with Crippen molar-refractivity contribution in [2.24, 2.45) is 5.73 Å². The molecule has 1 heterocycles. The van der Waals surface area contributed by atoms with Gasteiger partial charge in [0.15, 0.2) is 0 Å². The molecule has 3 rings (SSSR count). The standard InChI is InChI=1S/C24H22ClN.CH5N.CH4/c1-5-22(17(3)23-9-7-6-8-16(23)2)24-14-20(15-26-18(24)4)19-10-12-21(25)13-11-19;1-2;/h5-15H,3H2,1-2,4H3;2H2,1H3;1H4/b22-5-;;. The van der Waals surface area contributed by atoms with E-state index < -0.39 is 0 Å². The van der Waals surface area contributed by atoms with Crippen molar-refractivity contribution in [2.45, 2.75) is 28.2 Å². The van der Waals surface area contributed by atoms with Gasteiger partial charge in [0.2, 0.25) is 0 Å². The lowest BCUT2D eigenvalue weighted by Crippen LogP contribution is -1.97. The summed E-state index contributed by atoms with van der Waals surface area (Å²) in [5.74, 6) is 0. The van der Waals surface area contributed by atoms with Crippen LogP contribution in [0.15, 0.2) is 73.4 Å². The number of nitrogens with two attached hydrogens (primary N) is 1. The molecule has 3 heteroatoms. The quantitative estimate of drug-likeness (QED) is 0.460. The zero-order chi connectivity index (χ0) is 20.7. The van der Waals surface area contributed by atoms with Crippen LogP contribution in [0.2, 0.25) is 5.02 Å². The average Bonchev–Trinajstić information content (AvgIpc) is 2.72. The van der Waals surface area contributed by atoms with Gasteiger partial charge in [-0.2, -0.15) is 0 Å². The summed E-state index contributed by atoms with van der Waals surface area (Å²) in [6.45, 7) is 10.6. The number of pyridine rings is 1. The molecular weight excluding hydrogens is 376 g/mol. The number of hydrogen-bond donors (Lipinski definition) is 1. The summed E-state index contributed by atoms with van der Waals surface area (Å²) in [5, 5.41) is 0.733. The van der Waals surface area contributed by atoms with Crippen LogP contribution in [0.4, 0.5) is 0 Å². The molecule has 0 aliphatic carbocycles. The number of aryl methyl sites for hydroxylation is 2. The fraction of sp³-hybridized carbons (Fsp3) is 0.192. The van der Waals surface area contributed by atoms with Crippen LogP contribution in [0.3, 0.4) is 0 Å². The first kappa shape index (κ1) is 24.4. The lowest BCUT2D eigenvalue weighted by molar-refractivity contribution is 1.18. The largest absolute Gasteiger partial charge is 0.333 e. The Balaban J connectivity index is 0.00000136. The van der Waals surface area contributed by atoms with Gasteiger partial charge in [0, 0.05) is 28.0 Å². The summed E-state index contributed by atoms with van der Waals surface area (Å²) < 4.78 is 0. The van der Waals surface area contributed by atoms with Crippen LogP contribution in [0, 0.1) is 13.8 Å². The van der Waals surface area contributed by atoms with E-state index in [0.717, 1.165) is 44.1 Å². The average molecular weight is 407 g/mol. The molecule has 0 radical (unpaired) electrons. The lowest BCUT2D eigenvalue weighted by atomic mass is 9.89. The zero-order valence-electron chi connectivity index (χ0n) is 17.0. The lowest BCUT2D eigenvalue weighted by Gasteiger charge is -2.16. The van der Waals surface area contributed by atoms with Crippen LogP contribution in [-0.4, -0.2) is 12.0 Å². The number of hydrogen-bond acceptors (Lipinski definition) is 2. The maximum atomic E-state index is 6.02. The Bertz CT molecular complexity index is 986. The van der Waals surface area contributed by atoms with Crippen molar-refractivity contribution in [2.75, 3.05) is 7.05 Å². The molecule has 29 heavy (non-hydrogen) atoms. The van der Waals surface area contributed by atoms with Crippen LogP contribution >= 0.6 is 11.6 Å². The molecule has 0 spiro atoms. The van der Waals surface area contributed by atoms with E-state index in [9.17, 15) is 0 Å². The van der Waals surface area contributed by atoms with E-state index in [-0.39, 0.29) is 7.43 Å². The molecule has 3 aromatic rings. The predicted octanol–water partition coefficient (Wildman–Crippen LogP) is 7.35. The molecule has 0 unspecified atom stereocenters. The summed E-state index contributed by atoms with van der Waals surface area (Å²) in [6, 6.07) is 18.4. The first-order chi connectivity index (χ1) is 13.5. The number of aromatic nitrogens is 1. The normalized spacial score (nSPS) is 10.5.